The highest BCUT2D eigenvalue weighted by Crippen LogP contribution is 2.28. The van der Waals surface area contributed by atoms with Crippen LogP contribution in [-0.4, -0.2) is 40.9 Å². The molecule has 22 heavy (non-hydrogen) atoms. The zero-order valence-electron chi connectivity index (χ0n) is 11.9. The SMILES string of the molecule is Clc1cccc(-c2cnn3c(N4CCOCC4)ccnc23)c1. The zero-order valence-corrected chi connectivity index (χ0v) is 12.7. The molecule has 1 saturated heterocycles. The van der Waals surface area contributed by atoms with Gasteiger partial charge >= 0.3 is 0 Å². The summed E-state index contributed by atoms with van der Waals surface area (Å²) in [4.78, 5) is 6.77. The standard InChI is InChI=1S/C16H15ClN4O/c17-13-3-1-2-12(10-13)14-11-19-21-15(4-5-18-16(14)21)20-6-8-22-9-7-20/h1-5,10-11H,6-9H2. The van der Waals surface area contributed by atoms with E-state index in [0.29, 0.717) is 5.02 Å². The van der Waals surface area contributed by atoms with Crippen LogP contribution in [-0.2, 0) is 4.74 Å². The Morgan fingerprint density at radius 2 is 2.00 bits per heavy atom. The van der Waals surface area contributed by atoms with Gasteiger partial charge in [-0.25, -0.2) is 4.98 Å². The minimum Gasteiger partial charge on any atom is -0.378 e. The minimum absolute atomic E-state index is 0.709. The van der Waals surface area contributed by atoms with Gasteiger partial charge in [-0.15, -0.1) is 0 Å². The predicted octanol–water partition coefficient (Wildman–Crippen LogP) is 2.89. The van der Waals surface area contributed by atoms with Crippen molar-refractivity contribution in [1.82, 2.24) is 14.6 Å². The second kappa shape index (κ2) is 5.59. The Balaban J connectivity index is 1.83. The van der Waals surface area contributed by atoms with Crippen molar-refractivity contribution in [3.8, 4) is 11.1 Å². The van der Waals surface area contributed by atoms with Gasteiger partial charge in [-0.1, -0.05) is 23.7 Å². The van der Waals surface area contributed by atoms with Gasteiger partial charge in [0.1, 0.15) is 5.82 Å². The fourth-order valence-corrected chi connectivity index (χ4v) is 2.96. The summed E-state index contributed by atoms with van der Waals surface area (Å²) < 4.78 is 7.31. The molecular formula is C16H15ClN4O. The van der Waals surface area contributed by atoms with E-state index in [1.165, 1.54) is 0 Å². The van der Waals surface area contributed by atoms with Crippen molar-refractivity contribution in [3.63, 3.8) is 0 Å². The van der Waals surface area contributed by atoms with Crippen molar-refractivity contribution in [2.75, 3.05) is 31.2 Å². The van der Waals surface area contributed by atoms with E-state index < -0.39 is 0 Å². The molecule has 2 aromatic heterocycles. The molecule has 0 bridgehead atoms. The first-order valence-corrected chi connectivity index (χ1v) is 7.62. The van der Waals surface area contributed by atoms with E-state index in [-0.39, 0.29) is 0 Å². The Hall–Kier alpha value is -2.11. The summed E-state index contributed by atoms with van der Waals surface area (Å²) in [6, 6.07) is 9.75. The maximum Gasteiger partial charge on any atom is 0.165 e. The van der Waals surface area contributed by atoms with E-state index in [2.05, 4.69) is 15.0 Å². The molecule has 3 heterocycles. The van der Waals surface area contributed by atoms with Crippen molar-refractivity contribution < 1.29 is 4.74 Å². The van der Waals surface area contributed by atoms with Crippen LogP contribution < -0.4 is 4.90 Å². The Kier molecular flexibility index (Phi) is 3.44. The van der Waals surface area contributed by atoms with Crippen molar-refractivity contribution in [2.24, 2.45) is 0 Å². The van der Waals surface area contributed by atoms with Crippen LogP contribution in [0.3, 0.4) is 0 Å². The summed E-state index contributed by atoms with van der Waals surface area (Å²) in [7, 11) is 0. The quantitative estimate of drug-likeness (QED) is 0.729. The van der Waals surface area contributed by atoms with Crippen molar-refractivity contribution in [1.29, 1.82) is 0 Å². The van der Waals surface area contributed by atoms with E-state index in [1.54, 1.807) is 0 Å². The van der Waals surface area contributed by atoms with Crippen LogP contribution in [0.25, 0.3) is 16.8 Å². The minimum atomic E-state index is 0.709. The summed E-state index contributed by atoms with van der Waals surface area (Å²) in [6.07, 6.45) is 3.67. The van der Waals surface area contributed by atoms with E-state index in [9.17, 15) is 0 Å². The lowest BCUT2D eigenvalue weighted by Crippen LogP contribution is -2.37. The van der Waals surface area contributed by atoms with Gasteiger partial charge in [0.05, 0.1) is 19.4 Å². The first-order chi connectivity index (χ1) is 10.8. The molecule has 112 valence electrons. The lowest BCUT2D eigenvalue weighted by Gasteiger charge is -2.28. The molecular weight excluding hydrogens is 300 g/mol. The molecule has 3 aromatic rings. The fraction of sp³-hybridized carbons (Fsp3) is 0.250. The molecule has 0 atom stereocenters. The number of halogens is 1. The molecule has 0 radical (unpaired) electrons. The molecule has 1 aliphatic rings. The summed E-state index contributed by atoms with van der Waals surface area (Å²) in [5.74, 6) is 1.04. The van der Waals surface area contributed by atoms with Crippen molar-refractivity contribution in [3.05, 3.63) is 47.7 Å². The van der Waals surface area contributed by atoms with E-state index in [1.807, 2.05) is 47.2 Å². The number of aromatic nitrogens is 3. The second-order valence-corrected chi connectivity index (χ2v) is 5.64. The number of rotatable bonds is 2. The van der Waals surface area contributed by atoms with E-state index in [4.69, 9.17) is 16.3 Å². The third-order valence-corrected chi connectivity index (χ3v) is 4.09. The molecule has 6 heteroatoms. The molecule has 1 aromatic carbocycles. The molecule has 0 amide bonds. The van der Waals surface area contributed by atoms with E-state index in [0.717, 1.165) is 48.9 Å². The molecule has 0 saturated carbocycles. The van der Waals surface area contributed by atoms with E-state index >= 15 is 0 Å². The Morgan fingerprint density at radius 3 is 2.82 bits per heavy atom. The molecule has 5 nitrogen and oxygen atoms in total. The van der Waals surface area contributed by atoms with Crippen molar-refractivity contribution >= 4 is 23.1 Å². The number of hydrogen-bond donors (Lipinski definition) is 0. The van der Waals surface area contributed by atoms with Gasteiger partial charge in [-0.3, -0.25) is 0 Å². The maximum atomic E-state index is 6.10. The highest BCUT2D eigenvalue weighted by atomic mass is 35.5. The summed E-state index contributed by atoms with van der Waals surface area (Å²) >= 11 is 6.10. The maximum absolute atomic E-state index is 6.10. The molecule has 1 aliphatic heterocycles. The molecule has 0 N–H and O–H groups in total. The average molecular weight is 315 g/mol. The number of ether oxygens (including phenoxy) is 1. The van der Waals surface area contributed by atoms with Crippen LogP contribution in [0.1, 0.15) is 0 Å². The first-order valence-electron chi connectivity index (χ1n) is 7.24. The van der Waals surface area contributed by atoms with Crippen molar-refractivity contribution in [2.45, 2.75) is 0 Å². The van der Waals surface area contributed by atoms with Crippen LogP contribution >= 0.6 is 11.6 Å². The average Bonchev–Trinajstić information content (AvgIpc) is 3.00. The van der Waals surface area contributed by atoms with Gasteiger partial charge in [0, 0.05) is 29.9 Å². The lowest BCUT2D eigenvalue weighted by molar-refractivity contribution is 0.122. The molecule has 0 spiro atoms. The number of nitrogens with zero attached hydrogens (tertiary/aromatic N) is 4. The van der Waals surface area contributed by atoms with Crippen LogP contribution in [0, 0.1) is 0 Å². The van der Waals surface area contributed by atoms with Gasteiger partial charge < -0.3 is 9.64 Å². The zero-order chi connectivity index (χ0) is 14.9. The fourth-order valence-electron chi connectivity index (χ4n) is 2.77. The summed E-state index contributed by atoms with van der Waals surface area (Å²) in [5.41, 5.74) is 2.85. The molecule has 0 unspecified atom stereocenters. The smallest absolute Gasteiger partial charge is 0.165 e. The topological polar surface area (TPSA) is 42.7 Å². The van der Waals surface area contributed by atoms with Crippen LogP contribution in [0.15, 0.2) is 42.7 Å². The van der Waals surface area contributed by atoms with Gasteiger partial charge in [-0.2, -0.15) is 9.61 Å². The predicted molar refractivity (Wildman–Crippen MR) is 86.5 cm³/mol. The third-order valence-electron chi connectivity index (χ3n) is 3.85. The summed E-state index contributed by atoms with van der Waals surface area (Å²) in [6.45, 7) is 3.22. The Labute approximate surface area is 133 Å². The largest absolute Gasteiger partial charge is 0.378 e. The van der Waals surface area contributed by atoms with Gasteiger partial charge in [-0.05, 0) is 23.8 Å². The lowest BCUT2D eigenvalue weighted by atomic mass is 10.1. The van der Waals surface area contributed by atoms with Gasteiger partial charge in [0.15, 0.2) is 5.65 Å². The number of morpholine rings is 1. The second-order valence-electron chi connectivity index (χ2n) is 5.21. The molecule has 1 fully saturated rings. The third kappa shape index (κ3) is 2.32. The Morgan fingerprint density at radius 1 is 1.14 bits per heavy atom. The number of benzene rings is 1. The van der Waals surface area contributed by atoms with Crippen LogP contribution in [0.2, 0.25) is 5.02 Å². The molecule has 0 aliphatic carbocycles. The highest BCUT2D eigenvalue weighted by molar-refractivity contribution is 6.30. The number of anilines is 1. The number of hydrogen-bond acceptors (Lipinski definition) is 4. The summed E-state index contributed by atoms with van der Waals surface area (Å²) in [5, 5.41) is 5.24. The Bertz CT molecular complexity index is 811. The van der Waals surface area contributed by atoms with Gasteiger partial charge in [0.25, 0.3) is 0 Å². The first kappa shape index (κ1) is 13.5. The monoisotopic (exact) mass is 314 g/mol. The van der Waals surface area contributed by atoms with Gasteiger partial charge in [0.2, 0.25) is 0 Å². The highest BCUT2D eigenvalue weighted by Gasteiger charge is 2.17. The van der Waals surface area contributed by atoms with Crippen LogP contribution in [0.4, 0.5) is 5.82 Å². The normalized spacial score (nSPS) is 15.4. The molecule has 4 rings (SSSR count). The number of fused-ring (bicyclic) bond motifs is 1. The van der Waals surface area contributed by atoms with Crippen LogP contribution in [0.5, 0.6) is 0 Å².